The van der Waals surface area contributed by atoms with Crippen molar-refractivity contribution in [3.8, 4) is 0 Å². The van der Waals surface area contributed by atoms with Crippen molar-refractivity contribution in [2.45, 2.75) is 33.3 Å². The van der Waals surface area contributed by atoms with Crippen LogP contribution in [0, 0.1) is 5.41 Å². The molecule has 4 nitrogen and oxygen atoms in total. The van der Waals surface area contributed by atoms with Gasteiger partial charge in [0.1, 0.15) is 0 Å². The average molecular weight is 285 g/mol. The zero-order valence-corrected chi connectivity index (χ0v) is 12.3. The van der Waals surface area contributed by atoms with Gasteiger partial charge in [0, 0.05) is 6.54 Å². The number of benzene rings is 1. The van der Waals surface area contributed by atoms with Gasteiger partial charge in [0.15, 0.2) is 0 Å². The molecule has 0 spiro atoms. The summed E-state index contributed by atoms with van der Waals surface area (Å²) in [6.07, 6.45) is 0.0625. The van der Waals surface area contributed by atoms with Crippen LogP contribution in [0.3, 0.4) is 0 Å². The minimum Gasteiger partial charge on any atom is -0.393 e. The summed E-state index contributed by atoms with van der Waals surface area (Å²) >= 11 is 5.93. The summed E-state index contributed by atoms with van der Waals surface area (Å²) in [5.74, 6) is 0. The minimum atomic E-state index is -0.451. The number of aliphatic hydroxyl groups is 1. The SMILES string of the molecule is CC(C)(C)C(O)CCNC(=O)Nc1ccccc1Cl. The number of hydrogen-bond acceptors (Lipinski definition) is 2. The van der Waals surface area contributed by atoms with Crippen LogP contribution in [0.1, 0.15) is 27.2 Å². The van der Waals surface area contributed by atoms with E-state index < -0.39 is 6.10 Å². The molecule has 1 unspecified atom stereocenters. The Balaban J connectivity index is 2.35. The van der Waals surface area contributed by atoms with Crippen LogP contribution in [0.5, 0.6) is 0 Å². The first-order chi connectivity index (χ1) is 8.80. The Hall–Kier alpha value is -1.26. The third kappa shape index (κ3) is 5.49. The number of carbonyl (C=O) groups is 1. The standard InChI is InChI=1S/C14H21ClN2O2/c1-14(2,3)12(18)8-9-16-13(19)17-11-7-5-4-6-10(11)15/h4-7,12,18H,8-9H2,1-3H3,(H2,16,17,19). The molecule has 0 aliphatic carbocycles. The van der Waals surface area contributed by atoms with E-state index in [0.29, 0.717) is 23.7 Å². The number of amides is 2. The van der Waals surface area contributed by atoms with Crippen LogP contribution in [0.15, 0.2) is 24.3 Å². The van der Waals surface area contributed by atoms with Gasteiger partial charge in [-0.05, 0) is 24.0 Å². The molecule has 0 bridgehead atoms. The summed E-state index contributed by atoms with van der Waals surface area (Å²) < 4.78 is 0. The number of anilines is 1. The van der Waals surface area contributed by atoms with Crippen LogP contribution >= 0.6 is 11.6 Å². The number of carbonyl (C=O) groups excluding carboxylic acids is 1. The van der Waals surface area contributed by atoms with E-state index in [1.807, 2.05) is 20.8 Å². The largest absolute Gasteiger partial charge is 0.393 e. The van der Waals surface area contributed by atoms with Gasteiger partial charge in [-0.1, -0.05) is 44.5 Å². The molecule has 1 rings (SSSR count). The molecule has 1 aromatic rings. The third-order valence-electron chi connectivity index (χ3n) is 2.83. The molecule has 19 heavy (non-hydrogen) atoms. The maximum atomic E-state index is 11.6. The van der Waals surface area contributed by atoms with E-state index >= 15 is 0 Å². The summed E-state index contributed by atoms with van der Waals surface area (Å²) in [7, 11) is 0. The smallest absolute Gasteiger partial charge is 0.319 e. The predicted octanol–water partition coefficient (Wildman–Crippen LogP) is 3.26. The molecule has 0 saturated carbocycles. The fraction of sp³-hybridized carbons (Fsp3) is 0.500. The molecule has 3 N–H and O–H groups in total. The third-order valence-corrected chi connectivity index (χ3v) is 3.15. The molecule has 0 heterocycles. The first kappa shape index (κ1) is 15.8. The minimum absolute atomic E-state index is 0.180. The molecule has 0 aromatic heterocycles. The molecule has 0 saturated heterocycles. The number of nitrogens with one attached hydrogen (secondary N) is 2. The van der Waals surface area contributed by atoms with Crippen LogP contribution in [0.4, 0.5) is 10.5 Å². The molecular formula is C14H21ClN2O2. The topological polar surface area (TPSA) is 61.4 Å². The Bertz CT molecular complexity index is 430. The van der Waals surface area contributed by atoms with Crippen molar-refractivity contribution in [2.75, 3.05) is 11.9 Å². The summed E-state index contributed by atoms with van der Waals surface area (Å²) in [5.41, 5.74) is 0.388. The van der Waals surface area contributed by atoms with E-state index in [1.54, 1.807) is 24.3 Å². The van der Waals surface area contributed by atoms with Crippen molar-refractivity contribution in [1.29, 1.82) is 0 Å². The lowest BCUT2D eigenvalue weighted by Crippen LogP contribution is -2.34. The monoisotopic (exact) mass is 284 g/mol. The van der Waals surface area contributed by atoms with Gasteiger partial charge in [-0.2, -0.15) is 0 Å². The van der Waals surface area contributed by atoms with Crippen molar-refractivity contribution < 1.29 is 9.90 Å². The second-order valence-corrected chi connectivity index (χ2v) is 5.94. The van der Waals surface area contributed by atoms with Gasteiger partial charge in [-0.15, -0.1) is 0 Å². The van der Waals surface area contributed by atoms with Crippen molar-refractivity contribution in [3.63, 3.8) is 0 Å². The highest BCUT2D eigenvalue weighted by atomic mass is 35.5. The normalized spacial score (nSPS) is 12.9. The second-order valence-electron chi connectivity index (χ2n) is 5.53. The summed E-state index contributed by atoms with van der Waals surface area (Å²) in [4.78, 5) is 11.6. The van der Waals surface area contributed by atoms with Gasteiger partial charge in [-0.25, -0.2) is 4.79 Å². The van der Waals surface area contributed by atoms with Gasteiger partial charge in [0.2, 0.25) is 0 Å². The zero-order chi connectivity index (χ0) is 14.5. The number of hydrogen-bond donors (Lipinski definition) is 3. The Morgan fingerprint density at radius 2 is 2.00 bits per heavy atom. The first-order valence-corrected chi connectivity index (χ1v) is 6.66. The summed E-state index contributed by atoms with van der Waals surface area (Å²) in [6.45, 7) is 6.29. The molecule has 0 aliphatic rings. The van der Waals surface area contributed by atoms with E-state index in [9.17, 15) is 9.90 Å². The predicted molar refractivity (Wildman–Crippen MR) is 78.6 cm³/mol. The summed E-state index contributed by atoms with van der Waals surface area (Å²) in [5, 5.41) is 15.7. The van der Waals surface area contributed by atoms with E-state index in [1.165, 1.54) is 0 Å². The molecule has 5 heteroatoms. The molecule has 1 aromatic carbocycles. The quantitative estimate of drug-likeness (QED) is 0.795. The lowest BCUT2D eigenvalue weighted by atomic mass is 9.87. The van der Waals surface area contributed by atoms with Crippen molar-refractivity contribution >= 4 is 23.3 Å². The number of halogens is 1. The number of aliphatic hydroxyl groups excluding tert-OH is 1. The molecule has 2 amide bonds. The number of urea groups is 1. The maximum absolute atomic E-state index is 11.6. The van der Waals surface area contributed by atoms with Gasteiger partial charge >= 0.3 is 6.03 Å². The number of rotatable bonds is 4. The van der Waals surface area contributed by atoms with Crippen LogP contribution in [0.2, 0.25) is 5.02 Å². The Morgan fingerprint density at radius 3 is 2.58 bits per heavy atom. The van der Waals surface area contributed by atoms with Gasteiger partial charge in [0.05, 0.1) is 16.8 Å². The molecule has 0 radical (unpaired) electrons. The highest BCUT2D eigenvalue weighted by Crippen LogP contribution is 2.21. The van der Waals surface area contributed by atoms with Crippen LogP contribution in [-0.2, 0) is 0 Å². The van der Waals surface area contributed by atoms with Crippen molar-refractivity contribution in [2.24, 2.45) is 5.41 Å². The van der Waals surface area contributed by atoms with E-state index in [2.05, 4.69) is 10.6 Å². The fourth-order valence-corrected chi connectivity index (χ4v) is 1.67. The van der Waals surface area contributed by atoms with Crippen LogP contribution in [-0.4, -0.2) is 23.8 Å². The highest BCUT2D eigenvalue weighted by Gasteiger charge is 2.21. The van der Waals surface area contributed by atoms with E-state index in [4.69, 9.17) is 11.6 Å². The average Bonchev–Trinajstić information content (AvgIpc) is 2.31. The molecule has 1 atom stereocenters. The Labute approximate surface area is 119 Å². The van der Waals surface area contributed by atoms with Crippen LogP contribution < -0.4 is 10.6 Å². The molecular weight excluding hydrogens is 264 g/mol. The number of para-hydroxylation sites is 1. The molecule has 0 fully saturated rings. The van der Waals surface area contributed by atoms with E-state index in [0.717, 1.165) is 0 Å². The lowest BCUT2D eigenvalue weighted by molar-refractivity contribution is 0.0565. The second kappa shape index (κ2) is 6.78. The Morgan fingerprint density at radius 1 is 1.37 bits per heavy atom. The van der Waals surface area contributed by atoms with Crippen molar-refractivity contribution in [1.82, 2.24) is 5.32 Å². The first-order valence-electron chi connectivity index (χ1n) is 6.28. The van der Waals surface area contributed by atoms with Gasteiger partial charge in [-0.3, -0.25) is 0 Å². The van der Waals surface area contributed by atoms with Crippen LogP contribution in [0.25, 0.3) is 0 Å². The highest BCUT2D eigenvalue weighted by molar-refractivity contribution is 6.33. The fourth-order valence-electron chi connectivity index (χ4n) is 1.48. The molecule has 0 aliphatic heterocycles. The maximum Gasteiger partial charge on any atom is 0.319 e. The van der Waals surface area contributed by atoms with Gasteiger partial charge in [0.25, 0.3) is 0 Å². The van der Waals surface area contributed by atoms with Crippen molar-refractivity contribution in [3.05, 3.63) is 29.3 Å². The lowest BCUT2D eigenvalue weighted by Gasteiger charge is -2.25. The summed E-state index contributed by atoms with van der Waals surface area (Å²) in [6, 6.07) is 6.71. The zero-order valence-electron chi connectivity index (χ0n) is 11.5. The van der Waals surface area contributed by atoms with E-state index in [-0.39, 0.29) is 11.4 Å². The Kier molecular flexibility index (Phi) is 5.63. The van der Waals surface area contributed by atoms with Gasteiger partial charge < -0.3 is 15.7 Å². The molecule has 106 valence electrons.